The maximum absolute atomic E-state index is 14.6. The molecule has 5 aromatic rings. The van der Waals surface area contributed by atoms with E-state index in [-0.39, 0.29) is 36.4 Å². The summed E-state index contributed by atoms with van der Waals surface area (Å²) in [4.78, 5) is 82.7. The smallest absolute Gasteiger partial charge is 0.326 e. The molecular weight excluding hydrogens is 878 g/mol. The van der Waals surface area contributed by atoms with Crippen molar-refractivity contribution in [2.75, 3.05) is 5.32 Å². The van der Waals surface area contributed by atoms with Gasteiger partial charge in [-0.1, -0.05) is 110 Å². The van der Waals surface area contributed by atoms with E-state index in [2.05, 4.69) is 52.6 Å². The number of rotatable bonds is 10. The number of carbonyl (C=O) groups is 6. The summed E-state index contributed by atoms with van der Waals surface area (Å²) < 4.78 is 0. The Bertz CT molecular complexity index is 2450. The fourth-order valence-electron chi connectivity index (χ4n) is 7.26. The van der Waals surface area contributed by atoms with E-state index in [9.17, 15) is 39.0 Å². The van der Waals surface area contributed by atoms with Crippen LogP contribution in [0.5, 0.6) is 0 Å². The highest BCUT2D eigenvalue weighted by molar-refractivity contribution is 7.09. The normalized spacial score (nSPS) is 20.3. The molecule has 3 heterocycles. The predicted molar refractivity (Wildman–Crippen MR) is 247 cm³/mol. The lowest BCUT2D eigenvalue weighted by Gasteiger charge is -2.26. The zero-order valence-corrected chi connectivity index (χ0v) is 37.4. The second kappa shape index (κ2) is 22.0. The third-order valence-corrected chi connectivity index (χ3v) is 12.1. The molecule has 4 aromatic carbocycles. The number of carboxylic acids is 1. The third-order valence-electron chi connectivity index (χ3n) is 10.6. The van der Waals surface area contributed by atoms with Crippen LogP contribution in [0.3, 0.4) is 0 Å². The van der Waals surface area contributed by atoms with Crippen LogP contribution in [-0.4, -0.2) is 76.0 Å². The first-order valence-corrected chi connectivity index (χ1v) is 22.4. The molecule has 5 amide bonds. The molecule has 2 bridgehead atoms. The van der Waals surface area contributed by atoms with Gasteiger partial charge < -0.3 is 36.8 Å². The van der Waals surface area contributed by atoms with E-state index in [0.29, 0.717) is 27.6 Å². The number of fused-ring (bicyclic) bond motifs is 18. The van der Waals surface area contributed by atoms with Crippen LogP contribution in [0.4, 0.5) is 5.69 Å². The van der Waals surface area contributed by atoms with Crippen molar-refractivity contribution in [3.05, 3.63) is 146 Å². The predicted octanol–water partition coefficient (Wildman–Crippen LogP) is 5.92. The van der Waals surface area contributed by atoms with Gasteiger partial charge in [0.25, 0.3) is 5.91 Å². The number of anilines is 1. The van der Waals surface area contributed by atoms with Gasteiger partial charge in [-0.3, -0.25) is 24.0 Å². The quantitative estimate of drug-likeness (QED) is 0.0837. The summed E-state index contributed by atoms with van der Waals surface area (Å²) in [6.07, 6.45) is -1.93. The monoisotopic (exact) mass is 925 g/mol. The largest absolute Gasteiger partial charge is 0.480 e. The van der Waals surface area contributed by atoms with Crippen LogP contribution in [0.1, 0.15) is 47.4 Å². The number of hydrogen-bond donors (Lipinski definition) is 7. The third kappa shape index (κ3) is 13.5. The lowest BCUT2D eigenvalue weighted by atomic mass is 9.97. The number of halogens is 2. The fourth-order valence-corrected chi connectivity index (χ4v) is 8.50. The number of nitrogens with one attached hydrogen (secondary N) is 5. The van der Waals surface area contributed by atoms with Crippen molar-refractivity contribution in [1.29, 1.82) is 0 Å². The lowest BCUT2D eigenvalue weighted by Crippen LogP contribution is -2.59. The maximum Gasteiger partial charge on any atom is 0.326 e. The topological polar surface area (TPSA) is 203 Å². The Kier molecular flexibility index (Phi) is 16.3. The standard InChI is InChI=1S/C48H49Cl2N5O8S/c1-27(2)20-28-5-11-31(12-6-28)32-13-7-29(8-14-32)21-38-44(58)54-39(23-33-15-16-34(49)24-37(33)50)45(59)55-41(48(62)63)22-30-9-17-35(18-10-30)51-47(61)42(56)26-43(57)52-40(46(60)53-38)25-36-4-3-19-64-36/h3-19,24,27,38-42,56H,20-23,25-26H2,1-2H3,(H,51,61)(H,52,57)(H,53,60)(H,54,58)(H,55,59)(H,62,63). The molecule has 13 nitrogen and oxygen atoms in total. The molecule has 2 aliphatic heterocycles. The summed E-state index contributed by atoms with van der Waals surface area (Å²) >= 11 is 14.0. The Labute approximate surface area is 385 Å². The molecule has 0 saturated carbocycles. The summed E-state index contributed by atoms with van der Waals surface area (Å²) in [5.74, 6) is -4.91. The van der Waals surface area contributed by atoms with E-state index in [1.165, 1.54) is 35.1 Å². The summed E-state index contributed by atoms with van der Waals surface area (Å²) in [6, 6.07) is 24.5. The molecule has 0 spiro atoms. The van der Waals surface area contributed by atoms with Crippen molar-refractivity contribution in [2.45, 2.75) is 82.6 Å². The Morgan fingerprint density at radius 3 is 1.86 bits per heavy atom. The molecule has 0 radical (unpaired) electrons. The maximum atomic E-state index is 14.6. The number of aliphatic hydroxyl groups excluding tert-OH is 1. The molecule has 7 N–H and O–H groups in total. The second-order valence-electron chi connectivity index (χ2n) is 16.2. The second-order valence-corrected chi connectivity index (χ2v) is 18.0. The number of amides is 5. The molecule has 334 valence electrons. The van der Waals surface area contributed by atoms with Gasteiger partial charge in [0.05, 0.1) is 6.42 Å². The van der Waals surface area contributed by atoms with Gasteiger partial charge >= 0.3 is 5.97 Å². The number of aliphatic hydroxyl groups is 1. The number of hydrogen-bond acceptors (Lipinski definition) is 8. The Balaban J connectivity index is 1.36. The minimum Gasteiger partial charge on any atom is -0.480 e. The zero-order valence-electron chi connectivity index (χ0n) is 35.1. The van der Waals surface area contributed by atoms with Crippen LogP contribution in [0.2, 0.25) is 10.0 Å². The van der Waals surface area contributed by atoms with Gasteiger partial charge in [0.2, 0.25) is 23.6 Å². The van der Waals surface area contributed by atoms with Crippen LogP contribution in [-0.2, 0) is 60.9 Å². The Hall–Kier alpha value is -6.06. The molecule has 16 heteroatoms. The van der Waals surface area contributed by atoms with E-state index in [1.807, 2.05) is 36.4 Å². The van der Waals surface area contributed by atoms with Gasteiger partial charge in [-0.25, -0.2) is 4.79 Å². The first-order chi connectivity index (χ1) is 30.6. The Morgan fingerprint density at radius 2 is 1.28 bits per heavy atom. The number of carbonyl (C=O) groups excluding carboxylic acids is 5. The van der Waals surface area contributed by atoms with E-state index in [0.717, 1.165) is 22.4 Å². The van der Waals surface area contributed by atoms with Crippen molar-refractivity contribution >= 4 is 75.7 Å². The number of thiophene rings is 1. The highest BCUT2D eigenvalue weighted by Crippen LogP contribution is 2.24. The van der Waals surface area contributed by atoms with Gasteiger partial charge in [0, 0.05) is 46.3 Å². The fraction of sp³-hybridized carbons (Fsp3) is 0.292. The Morgan fingerprint density at radius 1 is 0.688 bits per heavy atom. The van der Waals surface area contributed by atoms with Crippen LogP contribution < -0.4 is 26.6 Å². The van der Waals surface area contributed by atoms with Gasteiger partial charge in [0.1, 0.15) is 30.3 Å². The highest BCUT2D eigenvalue weighted by atomic mass is 35.5. The van der Waals surface area contributed by atoms with Crippen molar-refractivity contribution in [2.24, 2.45) is 5.92 Å². The van der Waals surface area contributed by atoms with Crippen molar-refractivity contribution < 1.29 is 39.0 Å². The lowest BCUT2D eigenvalue weighted by molar-refractivity contribution is -0.142. The van der Waals surface area contributed by atoms with E-state index in [4.69, 9.17) is 23.2 Å². The average molecular weight is 927 g/mol. The number of carboxylic acid groups (broad SMARTS) is 1. The van der Waals surface area contributed by atoms with E-state index in [1.54, 1.807) is 41.8 Å². The molecule has 5 atom stereocenters. The summed E-state index contributed by atoms with van der Waals surface area (Å²) in [6.45, 7) is 4.33. The van der Waals surface area contributed by atoms with E-state index >= 15 is 0 Å². The van der Waals surface area contributed by atoms with Crippen LogP contribution in [0.15, 0.2) is 109 Å². The van der Waals surface area contributed by atoms with Crippen molar-refractivity contribution in [1.82, 2.24) is 21.3 Å². The van der Waals surface area contributed by atoms with Crippen molar-refractivity contribution in [3.63, 3.8) is 0 Å². The molecule has 2 aliphatic rings. The zero-order chi connectivity index (χ0) is 45.9. The minimum absolute atomic E-state index is 0.0134. The SMILES string of the molecule is CC(C)Cc1ccc(-c2ccc(CC3NC(=O)C(Cc4cccs4)NC(=O)CC(O)C(=O)Nc4ccc(cc4)CC(C(=O)O)NC(=O)C(Cc4ccc(Cl)cc4Cl)NC3=O)cc2)cc1. The molecule has 5 unspecified atom stereocenters. The molecule has 0 fully saturated rings. The van der Waals surface area contributed by atoms with Gasteiger partial charge in [0.15, 0.2) is 0 Å². The van der Waals surface area contributed by atoms with Crippen LogP contribution in [0, 0.1) is 5.92 Å². The van der Waals surface area contributed by atoms with Gasteiger partial charge in [-0.15, -0.1) is 11.3 Å². The van der Waals surface area contributed by atoms with Gasteiger partial charge in [-0.05, 0) is 81.4 Å². The molecule has 0 saturated heterocycles. The van der Waals surface area contributed by atoms with Gasteiger partial charge in [-0.2, -0.15) is 0 Å². The van der Waals surface area contributed by atoms with E-state index < -0.39 is 72.2 Å². The molecule has 7 rings (SSSR count). The van der Waals surface area contributed by atoms with Crippen molar-refractivity contribution in [3.8, 4) is 11.1 Å². The molecule has 1 aromatic heterocycles. The highest BCUT2D eigenvalue weighted by Gasteiger charge is 2.33. The first-order valence-electron chi connectivity index (χ1n) is 20.8. The summed E-state index contributed by atoms with van der Waals surface area (Å²) in [5, 5.41) is 36.5. The number of benzene rings is 4. The molecular formula is C48H49Cl2N5O8S. The average Bonchev–Trinajstić information content (AvgIpc) is 3.77. The summed E-state index contributed by atoms with van der Waals surface area (Å²) in [7, 11) is 0. The molecule has 0 aliphatic carbocycles. The number of aliphatic carboxylic acids is 1. The van der Waals surface area contributed by atoms with Crippen LogP contribution >= 0.6 is 34.5 Å². The first kappa shape index (κ1) is 47.4. The minimum atomic E-state index is -1.80. The van der Waals surface area contributed by atoms with Crippen LogP contribution in [0.25, 0.3) is 11.1 Å². The molecule has 64 heavy (non-hydrogen) atoms. The summed E-state index contributed by atoms with van der Waals surface area (Å²) in [5.41, 5.74) is 4.95.